The maximum atomic E-state index is 13.0. The Bertz CT molecular complexity index is 227. The molecular weight excluding hydrogens is 189 g/mol. The van der Waals surface area contributed by atoms with Crippen molar-refractivity contribution in [1.82, 2.24) is 4.90 Å². The number of nitrogens with zero attached hydrogens (tertiary/aromatic N) is 1. The largest absolute Gasteiger partial charge is 0.303 e. The Hall–Kier alpha value is -0.370. The molecule has 1 nitrogen and oxygen atoms in total. The number of alkyl halides is 1. The van der Waals surface area contributed by atoms with Crippen LogP contribution in [0.25, 0.3) is 0 Å². The smallest absolute Gasteiger partial charge is 0.0928 e. The lowest BCUT2D eigenvalue weighted by Crippen LogP contribution is -2.48. The Morgan fingerprint density at radius 1 is 1.60 bits per heavy atom. The molecule has 0 N–H and O–H groups in total. The van der Waals surface area contributed by atoms with Gasteiger partial charge in [-0.2, -0.15) is 0 Å². The Morgan fingerprint density at radius 2 is 2.27 bits per heavy atom. The molecule has 1 aliphatic rings. The molecule has 1 unspecified atom stereocenters. The van der Waals surface area contributed by atoms with E-state index in [4.69, 9.17) is 0 Å². The molecular formula is C13H24FN. The van der Waals surface area contributed by atoms with Crippen molar-refractivity contribution in [2.75, 3.05) is 26.3 Å². The fraction of sp³-hybridized carbons (Fsp3) is 0.846. The number of likely N-dealkylation sites (tertiary alicyclic amines) is 1. The van der Waals surface area contributed by atoms with Crippen LogP contribution in [0.3, 0.4) is 0 Å². The van der Waals surface area contributed by atoms with E-state index in [-0.39, 0.29) is 18.0 Å². The van der Waals surface area contributed by atoms with E-state index in [9.17, 15) is 4.39 Å². The van der Waals surface area contributed by atoms with Gasteiger partial charge in [0.1, 0.15) is 0 Å². The van der Waals surface area contributed by atoms with Crippen LogP contribution in [0.15, 0.2) is 12.2 Å². The minimum absolute atomic E-state index is 0.0921. The van der Waals surface area contributed by atoms with Gasteiger partial charge in [-0.25, -0.2) is 0 Å². The molecule has 0 radical (unpaired) electrons. The van der Waals surface area contributed by atoms with E-state index >= 15 is 0 Å². The molecule has 1 aliphatic heterocycles. The summed E-state index contributed by atoms with van der Waals surface area (Å²) in [5, 5.41) is 0. The van der Waals surface area contributed by atoms with Crippen LogP contribution in [-0.4, -0.2) is 31.2 Å². The summed E-state index contributed by atoms with van der Waals surface area (Å²) in [7, 11) is 0. The van der Waals surface area contributed by atoms with Crippen molar-refractivity contribution in [3.05, 3.63) is 12.2 Å². The first kappa shape index (κ1) is 12.7. The number of rotatable bonds is 4. The second kappa shape index (κ2) is 5.11. The third-order valence-electron chi connectivity index (χ3n) is 3.70. The molecule has 2 heteroatoms. The van der Waals surface area contributed by atoms with Crippen molar-refractivity contribution in [2.24, 2.45) is 11.3 Å². The SMILES string of the molecule is C=C(C)C[C@]1(C)CN(CC)CCC1CF. The quantitative estimate of drug-likeness (QED) is 0.648. The van der Waals surface area contributed by atoms with Gasteiger partial charge < -0.3 is 4.90 Å². The summed E-state index contributed by atoms with van der Waals surface area (Å²) < 4.78 is 13.0. The maximum absolute atomic E-state index is 13.0. The van der Waals surface area contributed by atoms with Crippen LogP contribution in [-0.2, 0) is 0 Å². The lowest BCUT2D eigenvalue weighted by molar-refractivity contribution is 0.0302. The predicted molar refractivity (Wildman–Crippen MR) is 63.7 cm³/mol. The molecule has 2 atom stereocenters. The van der Waals surface area contributed by atoms with Crippen molar-refractivity contribution >= 4 is 0 Å². The van der Waals surface area contributed by atoms with Gasteiger partial charge in [0.05, 0.1) is 6.67 Å². The molecule has 0 saturated carbocycles. The van der Waals surface area contributed by atoms with Crippen molar-refractivity contribution in [3.8, 4) is 0 Å². The molecule has 0 aliphatic carbocycles. The minimum atomic E-state index is -0.179. The predicted octanol–water partition coefficient (Wildman–Crippen LogP) is 3.27. The first-order chi connectivity index (χ1) is 7.01. The Morgan fingerprint density at radius 3 is 2.73 bits per heavy atom. The molecule has 1 fully saturated rings. The van der Waals surface area contributed by atoms with E-state index in [0.29, 0.717) is 0 Å². The second-order valence-corrected chi connectivity index (χ2v) is 5.30. The zero-order valence-corrected chi connectivity index (χ0v) is 10.4. The Balaban J connectivity index is 2.72. The third-order valence-corrected chi connectivity index (χ3v) is 3.70. The van der Waals surface area contributed by atoms with E-state index in [1.165, 1.54) is 5.57 Å². The summed E-state index contributed by atoms with van der Waals surface area (Å²) in [6, 6.07) is 0. The van der Waals surface area contributed by atoms with Gasteiger partial charge >= 0.3 is 0 Å². The van der Waals surface area contributed by atoms with Crippen molar-refractivity contribution in [3.63, 3.8) is 0 Å². The standard InChI is InChI=1S/C13H24FN/c1-5-15-7-6-12(9-14)13(4,10-15)8-11(2)3/h12H,2,5-10H2,1,3-4H3/t12?,13-/m1/s1. The monoisotopic (exact) mass is 213 g/mol. The number of hydrogen-bond acceptors (Lipinski definition) is 1. The molecule has 15 heavy (non-hydrogen) atoms. The lowest BCUT2D eigenvalue weighted by atomic mass is 9.69. The highest BCUT2D eigenvalue weighted by molar-refractivity contribution is 5.00. The van der Waals surface area contributed by atoms with Crippen LogP contribution in [0.4, 0.5) is 4.39 Å². The number of piperidine rings is 1. The summed E-state index contributed by atoms with van der Waals surface area (Å²) in [5.74, 6) is 0.219. The van der Waals surface area contributed by atoms with E-state index in [0.717, 1.165) is 32.5 Å². The summed E-state index contributed by atoms with van der Waals surface area (Å²) in [6.07, 6.45) is 1.95. The first-order valence-corrected chi connectivity index (χ1v) is 5.94. The summed E-state index contributed by atoms with van der Waals surface area (Å²) in [5.41, 5.74) is 1.27. The normalized spacial score (nSPS) is 32.9. The Labute approximate surface area is 93.3 Å². The van der Waals surface area contributed by atoms with E-state index in [1.54, 1.807) is 0 Å². The highest BCUT2D eigenvalue weighted by Crippen LogP contribution is 2.40. The molecule has 0 amide bonds. The minimum Gasteiger partial charge on any atom is -0.303 e. The van der Waals surface area contributed by atoms with Crippen LogP contribution in [0.1, 0.15) is 33.6 Å². The number of allylic oxidation sites excluding steroid dienone is 1. The lowest BCUT2D eigenvalue weighted by Gasteiger charge is -2.45. The molecule has 0 aromatic carbocycles. The highest BCUT2D eigenvalue weighted by atomic mass is 19.1. The van der Waals surface area contributed by atoms with Crippen molar-refractivity contribution < 1.29 is 4.39 Å². The van der Waals surface area contributed by atoms with Crippen LogP contribution in [0.2, 0.25) is 0 Å². The molecule has 0 spiro atoms. The maximum Gasteiger partial charge on any atom is 0.0928 e. The molecule has 0 aromatic heterocycles. The van der Waals surface area contributed by atoms with Gasteiger partial charge in [-0.15, -0.1) is 6.58 Å². The van der Waals surface area contributed by atoms with E-state index in [1.807, 2.05) is 6.92 Å². The van der Waals surface area contributed by atoms with Crippen LogP contribution in [0.5, 0.6) is 0 Å². The van der Waals surface area contributed by atoms with Gasteiger partial charge in [0, 0.05) is 6.54 Å². The summed E-state index contributed by atoms with van der Waals surface area (Å²) in [6.45, 7) is 13.4. The van der Waals surface area contributed by atoms with E-state index in [2.05, 4.69) is 25.3 Å². The van der Waals surface area contributed by atoms with Gasteiger partial charge in [0.25, 0.3) is 0 Å². The molecule has 1 saturated heterocycles. The zero-order valence-electron chi connectivity index (χ0n) is 10.4. The van der Waals surface area contributed by atoms with Gasteiger partial charge in [0.15, 0.2) is 0 Å². The van der Waals surface area contributed by atoms with Gasteiger partial charge in [-0.3, -0.25) is 4.39 Å². The summed E-state index contributed by atoms with van der Waals surface area (Å²) >= 11 is 0. The fourth-order valence-electron chi connectivity index (χ4n) is 2.83. The fourth-order valence-corrected chi connectivity index (χ4v) is 2.83. The average Bonchev–Trinajstić information content (AvgIpc) is 2.15. The molecule has 1 rings (SSSR count). The van der Waals surface area contributed by atoms with Crippen LogP contribution < -0.4 is 0 Å². The van der Waals surface area contributed by atoms with Gasteiger partial charge in [-0.1, -0.05) is 19.4 Å². The average molecular weight is 213 g/mol. The number of halogens is 1. The van der Waals surface area contributed by atoms with Crippen LogP contribution >= 0.6 is 0 Å². The highest BCUT2D eigenvalue weighted by Gasteiger charge is 2.38. The van der Waals surface area contributed by atoms with E-state index < -0.39 is 0 Å². The third kappa shape index (κ3) is 3.04. The molecule has 1 heterocycles. The summed E-state index contributed by atoms with van der Waals surface area (Å²) in [4.78, 5) is 2.43. The topological polar surface area (TPSA) is 3.24 Å². The molecule has 0 aromatic rings. The molecule has 0 bridgehead atoms. The van der Waals surface area contributed by atoms with Crippen LogP contribution in [0, 0.1) is 11.3 Å². The van der Waals surface area contributed by atoms with Crippen molar-refractivity contribution in [1.29, 1.82) is 0 Å². The zero-order chi connectivity index (χ0) is 11.5. The Kier molecular flexibility index (Phi) is 4.32. The van der Waals surface area contributed by atoms with Crippen molar-refractivity contribution in [2.45, 2.75) is 33.6 Å². The first-order valence-electron chi connectivity index (χ1n) is 5.94. The van der Waals surface area contributed by atoms with Gasteiger partial charge in [0.2, 0.25) is 0 Å². The number of hydrogen-bond donors (Lipinski definition) is 0. The molecule has 88 valence electrons. The second-order valence-electron chi connectivity index (χ2n) is 5.30. The van der Waals surface area contributed by atoms with Gasteiger partial charge in [-0.05, 0) is 44.2 Å².